The number of hydrogen-bond donors (Lipinski definition) is 0. The molecule has 1 aromatic carbocycles. The molecule has 0 radical (unpaired) electrons. The van der Waals surface area contributed by atoms with Crippen molar-refractivity contribution in [2.75, 3.05) is 0 Å². The lowest BCUT2D eigenvalue weighted by atomic mass is 10.0. The summed E-state index contributed by atoms with van der Waals surface area (Å²) >= 11 is 0. The Labute approximate surface area is 117 Å². The molecule has 0 bridgehead atoms. The first-order valence-electron chi connectivity index (χ1n) is 6.55. The fourth-order valence-corrected chi connectivity index (χ4v) is 2.14. The molecule has 0 aliphatic heterocycles. The molecule has 0 spiro atoms. The van der Waals surface area contributed by atoms with Gasteiger partial charge in [0.1, 0.15) is 0 Å². The number of aromatic nitrogens is 2. The molecular formula is C17H14N2O. The molecule has 1 heterocycles. The smallest absolute Gasteiger partial charge is 0.193 e. The Morgan fingerprint density at radius 1 is 1.20 bits per heavy atom. The van der Waals surface area contributed by atoms with E-state index in [0.29, 0.717) is 11.1 Å². The first-order chi connectivity index (χ1) is 9.74. The summed E-state index contributed by atoms with van der Waals surface area (Å²) in [4.78, 5) is 21.2. The number of carbonyl (C=O) groups excluding carboxylic acids is 1. The molecule has 0 atom stereocenters. The van der Waals surface area contributed by atoms with Gasteiger partial charge in [-0.15, -0.1) is 0 Å². The van der Waals surface area contributed by atoms with Crippen LogP contribution in [0.15, 0.2) is 60.3 Å². The normalized spacial score (nSPS) is 14.2. The number of nitrogens with zero attached hydrogens (tertiary/aromatic N) is 2. The zero-order valence-electron chi connectivity index (χ0n) is 11.2. The molecule has 3 heteroatoms. The molecule has 1 aliphatic rings. The molecule has 3 rings (SSSR count). The van der Waals surface area contributed by atoms with Crippen LogP contribution in [0.2, 0.25) is 0 Å². The maximum Gasteiger partial charge on any atom is 0.193 e. The lowest BCUT2D eigenvalue weighted by Gasteiger charge is -2.03. The van der Waals surface area contributed by atoms with Gasteiger partial charge in [-0.1, -0.05) is 30.4 Å². The molecule has 3 nitrogen and oxygen atoms in total. The van der Waals surface area contributed by atoms with Gasteiger partial charge in [0.05, 0.1) is 16.7 Å². The average Bonchev–Trinajstić information content (AvgIpc) is 2.74. The van der Waals surface area contributed by atoms with Gasteiger partial charge >= 0.3 is 0 Å². The molecule has 20 heavy (non-hydrogen) atoms. The Morgan fingerprint density at radius 2 is 2.10 bits per heavy atom. The minimum absolute atomic E-state index is 0.0120. The number of fused-ring (bicyclic) bond motifs is 1. The Balaban J connectivity index is 2.03. The van der Waals surface area contributed by atoms with Crippen LogP contribution in [0.3, 0.4) is 0 Å². The zero-order chi connectivity index (χ0) is 13.9. The molecule has 1 aliphatic carbocycles. The third-order valence-electron chi connectivity index (χ3n) is 3.17. The van der Waals surface area contributed by atoms with E-state index in [1.54, 1.807) is 18.3 Å². The summed E-state index contributed by atoms with van der Waals surface area (Å²) in [5.74, 6) is 0.0120. The second-order valence-corrected chi connectivity index (χ2v) is 4.73. The molecule has 0 amide bonds. The van der Waals surface area contributed by atoms with Crippen molar-refractivity contribution in [3.63, 3.8) is 0 Å². The highest BCUT2D eigenvalue weighted by molar-refractivity contribution is 6.11. The molecular weight excluding hydrogens is 248 g/mol. The number of aryl methyl sites for hydroxylation is 1. The third kappa shape index (κ3) is 2.43. The fourth-order valence-electron chi connectivity index (χ4n) is 2.14. The molecule has 1 aromatic heterocycles. The standard InChI is InChI=1S/C17H14N2O/c1-12-11-18-15-9-8-14(10-16(15)19-12)17(20)13-6-4-2-3-5-7-13/h2,4-11H,3H2,1H3. The number of ketones is 1. The fraction of sp³-hybridized carbons (Fsp3) is 0.118. The second-order valence-electron chi connectivity index (χ2n) is 4.73. The largest absolute Gasteiger partial charge is 0.289 e. The van der Waals surface area contributed by atoms with Crippen LogP contribution in [0.1, 0.15) is 22.5 Å². The first-order valence-corrected chi connectivity index (χ1v) is 6.55. The van der Waals surface area contributed by atoms with Crippen LogP contribution in [0, 0.1) is 6.92 Å². The lowest BCUT2D eigenvalue weighted by molar-refractivity contribution is 0.103. The highest BCUT2D eigenvalue weighted by atomic mass is 16.1. The predicted molar refractivity (Wildman–Crippen MR) is 79.6 cm³/mol. The van der Waals surface area contributed by atoms with E-state index >= 15 is 0 Å². The van der Waals surface area contributed by atoms with Crippen molar-refractivity contribution < 1.29 is 4.79 Å². The van der Waals surface area contributed by atoms with Crippen LogP contribution < -0.4 is 0 Å². The first kappa shape index (κ1) is 12.5. The minimum Gasteiger partial charge on any atom is -0.289 e. The summed E-state index contributed by atoms with van der Waals surface area (Å²) in [6.45, 7) is 1.89. The number of allylic oxidation sites excluding steroid dienone is 6. The van der Waals surface area contributed by atoms with Crippen LogP contribution in [0.25, 0.3) is 11.0 Å². The highest BCUT2D eigenvalue weighted by Crippen LogP contribution is 2.17. The average molecular weight is 262 g/mol. The van der Waals surface area contributed by atoms with E-state index in [2.05, 4.69) is 9.97 Å². The Kier molecular flexibility index (Phi) is 3.25. The van der Waals surface area contributed by atoms with Gasteiger partial charge in [0.25, 0.3) is 0 Å². The van der Waals surface area contributed by atoms with Gasteiger partial charge in [0.15, 0.2) is 5.78 Å². The molecule has 2 aromatic rings. The number of rotatable bonds is 2. The monoisotopic (exact) mass is 262 g/mol. The van der Waals surface area contributed by atoms with Gasteiger partial charge < -0.3 is 0 Å². The van der Waals surface area contributed by atoms with Crippen molar-refractivity contribution in [1.29, 1.82) is 0 Å². The number of benzene rings is 1. The van der Waals surface area contributed by atoms with Crippen LogP contribution >= 0.6 is 0 Å². The van der Waals surface area contributed by atoms with E-state index in [-0.39, 0.29) is 5.78 Å². The number of hydrogen-bond acceptors (Lipinski definition) is 3. The van der Waals surface area contributed by atoms with Crippen LogP contribution in [0.5, 0.6) is 0 Å². The van der Waals surface area contributed by atoms with Crippen molar-refractivity contribution in [3.8, 4) is 0 Å². The number of Topliss-reactive ketones (excluding diaryl/α,β-unsaturated/α-hetero) is 1. The quantitative estimate of drug-likeness (QED) is 0.777. The van der Waals surface area contributed by atoms with Crippen molar-refractivity contribution >= 4 is 16.8 Å². The van der Waals surface area contributed by atoms with E-state index in [1.807, 2.05) is 43.4 Å². The van der Waals surface area contributed by atoms with Crippen molar-refractivity contribution in [2.24, 2.45) is 0 Å². The van der Waals surface area contributed by atoms with Gasteiger partial charge in [0, 0.05) is 17.3 Å². The lowest BCUT2D eigenvalue weighted by Crippen LogP contribution is -2.02. The highest BCUT2D eigenvalue weighted by Gasteiger charge is 2.11. The van der Waals surface area contributed by atoms with E-state index in [9.17, 15) is 4.79 Å². The van der Waals surface area contributed by atoms with E-state index in [4.69, 9.17) is 0 Å². The Morgan fingerprint density at radius 3 is 3.00 bits per heavy atom. The van der Waals surface area contributed by atoms with Crippen LogP contribution in [0.4, 0.5) is 0 Å². The van der Waals surface area contributed by atoms with Gasteiger partial charge in [-0.05, 0) is 31.5 Å². The van der Waals surface area contributed by atoms with Crippen molar-refractivity contribution in [2.45, 2.75) is 13.3 Å². The molecule has 0 N–H and O–H groups in total. The molecule has 0 saturated carbocycles. The summed E-state index contributed by atoms with van der Waals surface area (Å²) in [6, 6.07) is 5.45. The van der Waals surface area contributed by atoms with Crippen molar-refractivity contribution in [1.82, 2.24) is 9.97 Å². The van der Waals surface area contributed by atoms with Gasteiger partial charge in [-0.3, -0.25) is 9.78 Å². The maximum absolute atomic E-state index is 12.5. The van der Waals surface area contributed by atoms with E-state index in [1.165, 1.54) is 0 Å². The SMILES string of the molecule is Cc1cnc2ccc(C(=O)C3=CC=CCC=C3)cc2n1. The zero-order valence-corrected chi connectivity index (χ0v) is 11.2. The van der Waals surface area contributed by atoms with E-state index in [0.717, 1.165) is 23.1 Å². The molecule has 98 valence electrons. The van der Waals surface area contributed by atoms with Gasteiger partial charge in [0.2, 0.25) is 0 Å². The summed E-state index contributed by atoms with van der Waals surface area (Å²) < 4.78 is 0. The topological polar surface area (TPSA) is 42.9 Å². The molecule has 0 saturated heterocycles. The van der Waals surface area contributed by atoms with Crippen molar-refractivity contribution in [3.05, 3.63) is 71.6 Å². The van der Waals surface area contributed by atoms with E-state index < -0.39 is 0 Å². The minimum atomic E-state index is 0.0120. The van der Waals surface area contributed by atoms with Crippen LogP contribution in [-0.2, 0) is 0 Å². The van der Waals surface area contributed by atoms with Crippen LogP contribution in [-0.4, -0.2) is 15.8 Å². The Hall–Kier alpha value is -2.55. The summed E-state index contributed by atoms with van der Waals surface area (Å²) in [5.41, 5.74) is 3.74. The second kappa shape index (κ2) is 5.21. The van der Waals surface area contributed by atoms with Gasteiger partial charge in [-0.2, -0.15) is 0 Å². The number of carbonyl (C=O) groups is 1. The third-order valence-corrected chi connectivity index (χ3v) is 3.17. The maximum atomic E-state index is 12.5. The van der Waals surface area contributed by atoms with Gasteiger partial charge in [-0.25, -0.2) is 4.98 Å². The summed E-state index contributed by atoms with van der Waals surface area (Å²) in [6.07, 6.45) is 12.2. The summed E-state index contributed by atoms with van der Waals surface area (Å²) in [5, 5.41) is 0. The molecule has 0 unspecified atom stereocenters. The molecule has 0 fully saturated rings. The Bertz CT molecular complexity index is 770. The summed E-state index contributed by atoms with van der Waals surface area (Å²) in [7, 11) is 0. The predicted octanol–water partition coefficient (Wildman–Crippen LogP) is 3.56.